The van der Waals surface area contributed by atoms with Crippen molar-refractivity contribution in [1.29, 1.82) is 0 Å². The molecule has 1 aliphatic rings. The van der Waals surface area contributed by atoms with Crippen LogP contribution in [-0.4, -0.2) is 37.8 Å². The van der Waals surface area contributed by atoms with E-state index in [1.807, 2.05) is 4.68 Å². The number of esters is 1. The van der Waals surface area contributed by atoms with Crippen molar-refractivity contribution in [2.75, 3.05) is 7.11 Å². The van der Waals surface area contributed by atoms with Crippen molar-refractivity contribution in [3.63, 3.8) is 0 Å². The van der Waals surface area contributed by atoms with Crippen molar-refractivity contribution in [2.24, 2.45) is 0 Å². The summed E-state index contributed by atoms with van der Waals surface area (Å²) in [6.45, 7) is 2.71. The van der Waals surface area contributed by atoms with Crippen molar-refractivity contribution < 1.29 is 9.53 Å². The van der Waals surface area contributed by atoms with E-state index in [0.717, 1.165) is 25.1 Å². The van der Waals surface area contributed by atoms with E-state index in [1.54, 1.807) is 6.92 Å². The first-order valence-corrected chi connectivity index (χ1v) is 9.22. The van der Waals surface area contributed by atoms with Gasteiger partial charge in [-0.25, -0.2) is 14.8 Å². The molecule has 0 aromatic carbocycles. The number of H-pyrrole nitrogens is 1. The van der Waals surface area contributed by atoms with E-state index in [1.165, 1.54) is 30.6 Å². The molecule has 0 radical (unpaired) electrons. The molecule has 4 heterocycles. The summed E-state index contributed by atoms with van der Waals surface area (Å²) in [5.41, 5.74) is 2.81. The van der Waals surface area contributed by atoms with E-state index in [-0.39, 0.29) is 16.6 Å². The summed E-state index contributed by atoms with van der Waals surface area (Å²) in [5, 5.41) is 5.15. The molecule has 1 N–H and O–H groups in total. The lowest BCUT2D eigenvalue weighted by Gasteiger charge is -2.06. The number of aromatic nitrogens is 5. The average molecular weight is 371 g/mol. The van der Waals surface area contributed by atoms with Crippen LogP contribution in [0, 0.1) is 6.92 Å². The Labute approximate surface area is 153 Å². The normalized spacial score (nSPS) is 13.2. The van der Waals surface area contributed by atoms with E-state index >= 15 is 0 Å². The summed E-state index contributed by atoms with van der Waals surface area (Å²) < 4.78 is 6.78. The molecule has 0 saturated heterocycles. The second-order valence-corrected chi connectivity index (χ2v) is 7.08. The number of pyridine rings is 1. The Kier molecular flexibility index (Phi) is 4.23. The maximum absolute atomic E-state index is 12.5. The third kappa shape index (κ3) is 2.98. The third-order valence-corrected chi connectivity index (χ3v) is 5.17. The first kappa shape index (κ1) is 16.8. The molecule has 0 fully saturated rings. The second kappa shape index (κ2) is 6.56. The van der Waals surface area contributed by atoms with Gasteiger partial charge in [-0.1, -0.05) is 11.8 Å². The quantitative estimate of drug-likeness (QED) is 0.424. The van der Waals surface area contributed by atoms with Gasteiger partial charge in [0.25, 0.3) is 5.56 Å². The molecule has 1 aliphatic heterocycles. The SMILES string of the molecule is COC(=O)c1cc(C)nc2nc(SCc3cc4n(n3)CCC4)[nH]c(=O)c12. The zero-order valence-corrected chi connectivity index (χ0v) is 15.2. The standard InChI is InChI=1S/C17H17N5O3S/c1-9-6-12(16(24)25-2)13-14(18-9)19-17(20-15(13)23)26-8-10-7-11-4-3-5-22(11)21-10/h6-7H,3-5,8H2,1-2H3,(H,18,19,20,23). The van der Waals surface area contributed by atoms with Crippen molar-refractivity contribution >= 4 is 28.8 Å². The summed E-state index contributed by atoms with van der Waals surface area (Å²) >= 11 is 1.39. The van der Waals surface area contributed by atoms with Crippen LogP contribution in [0.1, 0.15) is 33.9 Å². The summed E-state index contributed by atoms with van der Waals surface area (Å²) in [6.07, 6.45) is 2.20. The molecule has 4 rings (SSSR count). The van der Waals surface area contributed by atoms with Crippen LogP contribution in [0.5, 0.6) is 0 Å². The van der Waals surface area contributed by atoms with Crippen LogP contribution >= 0.6 is 11.8 Å². The van der Waals surface area contributed by atoms with Crippen molar-refractivity contribution in [3.8, 4) is 0 Å². The fourth-order valence-corrected chi connectivity index (χ4v) is 3.86. The van der Waals surface area contributed by atoms with Gasteiger partial charge >= 0.3 is 5.97 Å². The summed E-state index contributed by atoms with van der Waals surface area (Å²) in [5.74, 6) is 0.0187. The van der Waals surface area contributed by atoms with Gasteiger partial charge in [-0.15, -0.1) is 0 Å². The number of fused-ring (bicyclic) bond motifs is 2. The maximum Gasteiger partial charge on any atom is 0.338 e. The number of ether oxygens (including phenoxy) is 1. The molecule has 0 bridgehead atoms. The molecule has 3 aromatic heterocycles. The van der Waals surface area contributed by atoms with Crippen molar-refractivity contribution in [2.45, 2.75) is 37.2 Å². The Morgan fingerprint density at radius 1 is 1.38 bits per heavy atom. The second-order valence-electron chi connectivity index (χ2n) is 6.11. The highest BCUT2D eigenvalue weighted by Crippen LogP contribution is 2.23. The summed E-state index contributed by atoms with van der Waals surface area (Å²) in [6, 6.07) is 3.63. The number of methoxy groups -OCH3 is 1. The molecule has 134 valence electrons. The third-order valence-electron chi connectivity index (χ3n) is 4.26. The molecule has 0 atom stereocenters. The predicted molar refractivity (Wildman–Crippen MR) is 96.3 cm³/mol. The molecular weight excluding hydrogens is 354 g/mol. The fraction of sp³-hybridized carbons (Fsp3) is 0.353. The van der Waals surface area contributed by atoms with Crippen LogP contribution < -0.4 is 5.56 Å². The number of aromatic amines is 1. The predicted octanol–water partition coefficient (Wildman–Crippen LogP) is 1.85. The lowest BCUT2D eigenvalue weighted by atomic mass is 10.1. The van der Waals surface area contributed by atoms with Gasteiger partial charge in [-0.2, -0.15) is 5.10 Å². The van der Waals surface area contributed by atoms with E-state index in [0.29, 0.717) is 16.6 Å². The van der Waals surface area contributed by atoms with E-state index in [9.17, 15) is 9.59 Å². The lowest BCUT2D eigenvalue weighted by molar-refractivity contribution is 0.0602. The van der Waals surface area contributed by atoms with Crippen LogP contribution in [0.15, 0.2) is 22.1 Å². The van der Waals surface area contributed by atoms with Gasteiger partial charge in [-0.3, -0.25) is 9.48 Å². The number of aryl methyl sites for hydroxylation is 3. The first-order valence-electron chi connectivity index (χ1n) is 8.23. The number of hydrogen-bond donors (Lipinski definition) is 1. The summed E-state index contributed by atoms with van der Waals surface area (Å²) in [4.78, 5) is 35.9. The van der Waals surface area contributed by atoms with Crippen molar-refractivity contribution in [3.05, 3.63) is 45.1 Å². The Hall–Kier alpha value is -2.68. The summed E-state index contributed by atoms with van der Waals surface area (Å²) in [7, 11) is 1.28. The van der Waals surface area contributed by atoms with Crippen LogP contribution in [-0.2, 0) is 23.5 Å². The molecule has 0 spiro atoms. The van der Waals surface area contributed by atoms with Gasteiger partial charge in [0.2, 0.25) is 0 Å². The van der Waals surface area contributed by atoms with Crippen molar-refractivity contribution in [1.82, 2.24) is 24.7 Å². The smallest absolute Gasteiger partial charge is 0.338 e. The molecule has 0 unspecified atom stereocenters. The van der Waals surface area contributed by atoms with Crippen LogP contribution in [0.4, 0.5) is 0 Å². The molecule has 9 heteroatoms. The number of carbonyl (C=O) groups is 1. The van der Waals surface area contributed by atoms with Gasteiger partial charge in [-0.05, 0) is 31.9 Å². The number of nitrogens with zero attached hydrogens (tertiary/aromatic N) is 4. The van der Waals surface area contributed by atoms with E-state index in [4.69, 9.17) is 4.74 Å². The molecule has 0 saturated carbocycles. The molecule has 0 aliphatic carbocycles. The maximum atomic E-state index is 12.5. The highest BCUT2D eigenvalue weighted by atomic mass is 32.2. The number of carbonyl (C=O) groups excluding carboxylic acids is 1. The van der Waals surface area contributed by atoms with Gasteiger partial charge in [0.05, 0.1) is 23.8 Å². The Morgan fingerprint density at radius 3 is 3.00 bits per heavy atom. The number of thioether (sulfide) groups is 1. The number of nitrogens with one attached hydrogen (secondary N) is 1. The highest BCUT2D eigenvalue weighted by molar-refractivity contribution is 7.98. The molecule has 26 heavy (non-hydrogen) atoms. The Bertz CT molecular complexity index is 1050. The molecule has 3 aromatic rings. The zero-order chi connectivity index (χ0) is 18.3. The van der Waals surface area contributed by atoms with Crippen LogP contribution in [0.2, 0.25) is 0 Å². The minimum atomic E-state index is -0.583. The van der Waals surface area contributed by atoms with Gasteiger partial charge in [0.1, 0.15) is 0 Å². The minimum absolute atomic E-state index is 0.146. The fourth-order valence-electron chi connectivity index (χ4n) is 3.12. The van der Waals surface area contributed by atoms with Crippen LogP contribution in [0.3, 0.4) is 0 Å². The molecule has 0 amide bonds. The zero-order valence-electron chi connectivity index (χ0n) is 14.4. The van der Waals surface area contributed by atoms with E-state index < -0.39 is 11.5 Å². The minimum Gasteiger partial charge on any atom is -0.465 e. The number of hydrogen-bond acceptors (Lipinski definition) is 7. The van der Waals surface area contributed by atoms with Gasteiger partial charge in [0.15, 0.2) is 10.8 Å². The van der Waals surface area contributed by atoms with Gasteiger partial charge < -0.3 is 9.72 Å². The Morgan fingerprint density at radius 2 is 2.23 bits per heavy atom. The molecular formula is C17H17N5O3S. The molecule has 8 nitrogen and oxygen atoms in total. The van der Waals surface area contributed by atoms with Crippen LogP contribution in [0.25, 0.3) is 11.0 Å². The first-order chi connectivity index (χ1) is 12.5. The topological polar surface area (TPSA) is 103 Å². The average Bonchev–Trinajstić information content (AvgIpc) is 3.19. The van der Waals surface area contributed by atoms with Gasteiger partial charge in [0, 0.05) is 23.7 Å². The number of rotatable bonds is 4. The van der Waals surface area contributed by atoms with E-state index in [2.05, 4.69) is 26.1 Å². The monoisotopic (exact) mass is 371 g/mol. The lowest BCUT2D eigenvalue weighted by Crippen LogP contribution is -2.16. The highest BCUT2D eigenvalue weighted by Gasteiger charge is 2.18. The Balaban J connectivity index is 1.66. The largest absolute Gasteiger partial charge is 0.465 e.